The molecule has 3 aromatic carbocycles. The molecule has 1 aliphatic carbocycles. The van der Waals surface area contributed by atoms with Crippen molar-refractivity contribution >= 4 is 113 Å². The van der Waals surface area contributed by atoms with Gasteiger partial charge in [0.05, 0.1) is 11.7 Å². The molecular weight excluding hydrogens is 1430 g/mol. The van der Waals surface area contributed by atoms with E-state index in [1.54, 1.807) is 16.7 Å². The zero-order valence-electron chi connectivity index (χ0n) is 63.4. The summed E-state index contributed by atoms with van der Waals surface area (Å²) >= 11 is 17.3. The Morgan fingerprint density at radius 2 is 0.606 bits per heavy atom. The van der Waals surface area contributed by atoms with Gasteiger partial charge in [-0.05, 0) is 201 Å². The van der Waals surface area contributed by atoms with E-state index in [1.165, 1.54) is 345 Å². The molecule has 13 rings (SSSR count). The van der Waals surface area contributed by atoms with Crippen LogP contribution in [0.15, 0.2) is 121 Å². The van der Waals surface area contributed by atoms with Crippen LogP contribution in [0.1, 0.15) is 283 Å². The number of hydrogen-bond acceptors (Lipinski definition) is 11. The summed E-state index contributed by atoms with van der Waals surface area (Å²) in [5.41, 5.74) is 19.3. The molecule has 0 saturated heterocycles. The Bertz CT molecular complexity index is 4640. The first kappa shape index (κ1) is 77.2. The number of nitrogens with zero attached hydrogens (tertiary/aromatic N) is 2. The Morgan fingerprint density at radius 1 is 0.269 bits per heavy atom. The van der Waals surface area contributed by atoms with Crippen molar-refractivity contribution in [2.45, 2.75) is 279 Å². The summed E-state index contributed by atoms with van der Waals surface area (Å²) in [6, 6.07) is 49.1. The third-order valence-electron chi connectivity index (χ3n) is 21.7. The van der Waals surface area contributed by atoms with Gasteiger partial charge < -0.3 is 0 Å². The summed E-state index contributed by atoms with van der Waals surface area (Å²) in [6.07, 6.45) is 45.2. The quantitative estimate of drug-likeness (QED) is 0.0356. The first-order valence-corrected chi connectivity index (χ1v) is 47.9. The van der Waals surface area contributed by atoms with Crippen LogP contribution in [-0.4, -0.2) is 8.75 Å². The average Bonchev–Trinajstić information content (AvgIpc) is 1.61. The highest BCUT2D eigenvalue weighted by Gasteiger charge is 2.30. The fourth-order valence-electron chi connectivity index (χ4n) is 15.9. The van der Waals surface area contributed by atoms with Crippen LogP contribution in [0.2, 0.25) is 0 Å². The molecule has 548 valence electrons. The second-order valence-corrected chi connectivity index (χ2v) is 39.2. The lowest BCUT2D eigenvalue weighted by Crippen LogP contribution is -1.97. The predicted octanol–water partition coefficient (Wildman–Crippen LogP) is 34.3. The highest BCUT2D eigenvalue weighted by molar-refractivity contribution is 7.30. The lowest BCUT2D eigenvalue weighted by atomic mass is 9.90. The van der Waals surface area contributed by atoms with Gasteiger partial charge in [0.2, 0.25) is 0 Å². The molecule has 0 saturated carbocycles. The van der Waals surface area contributed by atoms with Crippen LogP contribution in [0.3, 0.4) is 0 Å². The lowest BCUT2D eigenvalue weighted by molar-refractivity contribution is 0.571. The molecule has 0 bridgehead atoms. The van der Waals surface area contributed by atoms with Crippen LogP contribution in [0.5, 0.6) is 0 Å². The van der Waals surface area contributed by atoms with Crippen molar-refractivity contribution in [2.75, 3.05) is 0 Å². The lowest BCUT2D eigenvalue weighted by Gasteiger charge is -2.14. The third kappa shape index (κ3) is 19.2. The number of thiophene rings is 8. The van der Waals surface area contributed by atoms with E-state index in [2.05, 4.69) is 170 Å². The smallest absolute Gasteiger partial charge is 0.114 e. The number of aromatic nitrogens is 2. The van der Waals surface area contributed by atoms with Crippen molar-refractivity contribution in [1.82, 2.24) is 8.75 Å². The van der Waals surface area contributed by atoms with Crippen molar-refractivity contribution in [3.8, 4) is 101 Å². The van der Waals surface area contributed by atoms with Gasteiger partial charge in [0.15, 0.2) is 0 Å². The Kier molecular flexibility index (Phi) is 28.9. The van der Waals surface area contributed by atoms with E-state index in [1.807, 2.05) is 90.7 Å². The number of rotatable bonds is 44. The fraction of sp³-hybridized carbons (Fsp3) is 0.462. The minimum Gasteiger partial charge on any atom is -0.172 e. The summed E-state index contributed by atoms with van der Waals surface area (Å²) in [5, 5.41) is 0. The molecule has 9 heterocycles. The maximum atomic E-state index is 5.19. The molecule has 12 aromatic rings. The van der Waals surface area contributed by atoms with Gasteiger partial charge in [0, 0.05) is 95.1 Å². The Morgan fingerprint density at radius 3 is 1.03 bits per heavy atom. The standard InChI is InChI=1S/C93H112N2S9/c1-8-13-18-23-28-33-38-66-58-64(7)96-90(66)81-53-49-77(97-81)78-51-55-83(99-78)92-68(40-35-30-25-20-15-10-3)61-86(102-92)73-47-48-74(89-88(73)94-104-95-89)87-62-69(41-36-31-26-21-16-11-4)93(103-87)84-56-52-80(100-84)79-50-54-82(98-79)91-67(39-34-29-24-19-14-9-2)60-85(101-91)65-44-46-72-70(42-37-32-27-22-17-12-5)71-45-43-63(6)57-75(71)76(72)59-65/h43-62,70H,8-42H2,1-7H3. The number of benzene rings is 3. The van der Waals surface area contributed by atoms with Gasteiger partial charge in [-0.1, -0.05) is 250 Å². The van der Waals surface area contributed by atoms with Gasteiger partial charge in [0.1, 0.15) is 11.0 Å². The normalized spacial score (nSPS) is 12.9. The molecule has 0 fully saturated rings. The van der Waals surface area contributed by atoms with E-state index >= 15 is 0 Å². The van der Waals surface area contributed by atoms with E-state index in [9.17, 15) is 0 Å². The van der Waals surface area contributed by atoms with Gasteiger partial charge in [-0.3, -0.25) is 0 Å². The second kappa shape index (κ2) is 38.9. The molecule has 9 aromatic heterocycles. The van der Waals surface area contributed by atoms with Gasteiger partial charge in [-0.2, -0.15) is 8.75 Å². The summed E-state index contributed by atoms with van der Waals surface area (Å²) < 4.78 is 10.4. The zero-order chi connectivity index (χ0) is 71.6. The average molecular weight is 1550 g/mol. The molecule has 104 heavy (non-hydrogen) atoms. The molecule has 1 aliphatic rings. The zero-order valence-corrected chi connectivity index (χ0v) is 70.8. The minimum atomic E-state index is 0.498. The number of unbranched alkanes of at least 4 members (excludes halogenated alkanes) is 25. The van der Waals surface area contributed by atoms with E-state index in [0.717, 1.165) is 30.3 Å². The monoisotopic (exact) mass is 1540 g/mol. The molecule has 0 spiro atoms. The van der Waals surface area contributed by atoms with E-state index < -0.39 is 0 Å². The molecule has 0 N–H and O–H groups in total. The number of aryl methyl sites for hydroxylation is 6. The van der Waals surface area contributed by atoms with Crippen molar-refractivity contribution in [3.63, 3.8) is 0 Å². The number of fused-ring (bicyclic) bond motifs is 4. The van der Waals surface area contributed by atoms with Crippen LogP contribution < -0.4 is 0 Å². The van der Waals surface area contributed by atoms with Gasteiger partial charge in [0.25, 0.3) is 0 Å². The highest BCUT2D eigenvalue weighted by Crippen LogP contribution is 2.54. The van der Waals surface area contributed by atoms with Crippen molar-refractivity contribution in [3.05, 3.63) is 165 Å². The maximum absolute atomic E-state index is 5.19. The van der Waals surface area contributed by atoms with Crippen LogP contribution in [0.25, 0.3) is 112 Å². The largest absolute Gasteiger partial charge is 0.172 e. The van der Waals surface area contributed by atoms with Gasteiger partial charge in [-0.15, -0.1) is 90.7 Å². The van der Waals surface area contributed by atoms with Crippen molar-refractivity contribution in [2.24, 2.45) is 0 Å². The summed E-state index contributed by atoms with van der Waals surface area (Å²) in [6.45, 7) is 16.2. The molecule has 11 heteroatoms. The van der Waals surface area contributed by atoms with E-state index in [-0.39, 0.29) is 0 Å². The summed E-state index contributed by atoms with van der Waals surface area (Å²) in [4.78, 5) is 22.4. The van der Waals surface area contributed by atoms with Crippen molar-refractivity contribution in [1.29, 1.82) is 0 Å². The second-order valence-electron chi connectivity index (χ2n) is 30.0. The minimum absolute atomic E-state index is 0.498. The van der Waals surface area contributed by atoms with Crippen LogP contribution in [0, 0.1) is 13.8 Å². The predicted molar refractivity (Wildman–Crippen MR) is 472 cm³/mol. The molecule has 0 amide bonds. The third-order valence-corrected chi connectivity index (χ3v) is 32.5. The maximum Gasteiger partial charge on any atom is 0.114 e. The number of hydrogen-bond donors (Lipinski definition) is 0. The fourth-order valence-corrected chi connectivity index (χ4v) is 26.0. The molecule has 0 aliphatic heterocycles. The SMILES string of the molecule is CCCCCCCCc1cc(C)sc1-c1ccc(-c2ccc(-c3sc(-c4ccc(-c5cc(CCCCCCCC)c(-c6ccc(-c7ccc(-c8sc(-c9ccc%10c(c9)-c9cc(C)ccc9C%10CCCCCCCC)cc8CCCCCCCC)s7)s6)s5)c5nsnc45)cc3CCCCCCCC)s2)s1. The molecule has 1 atom stereocenters. The Balaban J connectivity index is 0.769. The molecule has 2 nitrogen and oxygen atoms in total. The Hall–Kier alpha value is -4.92. The topological polar surface area (TPSA) is 25.8 Å². The first-order chi connectivity index (χ1) is 51.2. The molecule has 1 unspecified atom stereocenters. The van der Waals surface area contributed by atoms with Crippen molar-refractivity contribution < 1.29 is 0 Å². The van der Waals surface area contributed by atoms with E-state index in [0.29, 0.717) is 5.92 Å². The van der Waals surface area contributed by atoms with Gasteiger partial charge in [-0.25, -0.2) is 0 Å². The molecule has 0 radical (unpaired) electrons. The Labute approximate surface area is 661 Å². The van der Waals surface area contributed by atoms with E-state index in [4.69, 9.17) is 8.75 Å². The summed E-state index contributed by atoms with van der Waals surface area (Å²) in [5.74, 6) is 0.498. The first-order valence-electron chi connectivity index (χ1n) is 40.6. The van der Waals surface area contributed by atoms with Crippen LogP contribution in [0.4, 0.5) is 0 Å². The summed E-state index contributed by atoms with van der Waals surface area (Å²) in [7, 11) is 0. The highest BCUT2D eigenvalue weighted by atomic mass is 32.1. The van der Waals surface area contributed by atoms with Crippen LogP contribution in [-0.2, 0) is 25.7 Å². The molecular formula is C93H112N2S9. The van der Waals surface area contributed by atoms with Crippen LogP contribution >= 0.6 is 102 Å². The van der Waals surface area contributed by atoms with Gasteiger partial charge >= 0.3 is 0 Å².